The van der Waals surface area contributed by atoms with Crippen molar-refractivity contribution in [2.45, 2.75) is 46.5 Å². The van der Waals surface area contributed by atoms with Crippen molar-refractivity contribution >= 4 is 11.6 Å². The van der Waals surface area contributed by atoms with Gasteiger partial charge < -0.3 is 10.4 Å². The number of hydrogen-bond acceptors (Lipinski definition) is 3. The van der Waals surface area contributed by atoms with E-state index < -0.39 is 0 Å². The summed E-state index contributed by atoms with van der Waals surface area (Å²) in [4.78, 5) is 15.1. The van der Waals surface area contributed by atoms with Crippen molar-refractivity contribution in [3.63, 3.8) is 0 Å². The summed E-state index contributed by atoms with van der Waals surface area (Å²) in [5, 5.41) is 16.2. The molecule has 0 radical (unpaired) electrons. The molecule has 0 aromatic heterocycles. The Morgan fingerprint density at radius 1 is 1.39 bits per heavy atom. The molecule has 1 aromatic carbocycles. The predicted octanol–water partition coefficient (Wildman–Crippen LogP) is 4.67. The van der Waals surface area contributed by atoms with Gasteiger partial charge in [0.1, 0.15) is 5.75 Å². The van der Waals surface area contributed by atoms with E-state index in [2.05, 4.69) is 36.1 Å². The second kappa shape index (κ2) is 6.50. The van der Waals surface area contributed by atoms with Crippen LogP contribution in [0.15, 0.2) is 23.3 Å². The van der Waals surface area contributed by atoms with Gasteiger partial charge in [0.25, 0.3) is 5.91 Å². The predicted molar refractivity (Wildman–Crippen MR) is 89.6 cm³/mol. The van der Waals surface area contributed by atoms with Crippen molar-refractivity contribution in [1.82, 2.24) is 5.32 Å². The molecular formula is C17H24N4O2. The van der Waals surface area contributed by atoms with Gasteiger partial charge in [0.15, 0.2) is 0 Å². The Morgan fingerprint density at radius 2 is 2.13 bits per heavy atom. The van der Waals surface area contributed by atoms with E-state index in [-0.39, 0.29) is 22.6 Å². The third kappa shape index (κ3) is 4.39. The molecule has 1 aromatic rings. The van der Waals surface area contributed by atoms with Gasteiger partial charge in [0, 0.05) is 17.1 Å². The maximum atomic E-state index is 12.4. The van der Waals surface area contributed by atoms with Crippen LogP contribution in [0.1, 0.15) is 56.8 Å². The zero-order valence-electron chi connectivity index (χ0n) is 14.0. The molecule has 1 fully saturated rings. The smallest absolute Gasteiger partial charge is 0.255 e. The van der Waals surface area contributed by atoms with E-state index in [1.807, 2.05) is 0 Å². The monoisotopic (exact) mass is 316 g/mol. The van der Waals surface area contributed by atoms with Gasteiger partial charge in [-0.2, -0.15) is 0 Å². The minimum Gasteiger partial charge on any atom is -0.507 e. The molecule has 0 bridgehead atoms. The topological polar surface area (TPSA) is 98.1 Å². The van der Waals surface area contributed by atoms with Gasteiger partial charge in [0.05, 0.1) is 5.56 Å². The molecule has 124 valence electrons. The summed E-state index contributed by atoms with van der Waals surface area (Å²) in [7, 11) is 0. The summed E-state index contributed by atoms with van der Waals surface area (Å²) >= 11 is 0. The molecule has 2 rings (SSSR count). The van der Waals surface area contributed by atoms with Gasteiger partial charge in [-0.15, -0.1) is 0 Å². The number of azide groups is 1. The number of aromatic hydroxyl groups is 1. The van der Waals surface area contributed by atoms with E-state index >= 15 is 0 Å². The molecule has 1 unspecified atom stereocenters. The number of nitrogens with one attached hydrogen (secondary N) is 1. The largest absolute Gasteiger partial charge is 0.507 e. The summed E-state index contributed by atoms with van der Waals surface area (Å²) < 4.78 is 0. The van der Waals surface area contributed by atoms with Crippen LogP contribution in [0.5, 0.6) is 5.75 Å². The zero-order valence-corrected chi connectivity index (χ0v) is 14.0. The average Bonchev–Trinajstić information content (AvgIpc) is 2.46. The highest BCUT2D eigenvalue weighted by atomic mass is 16.3. The van der Waals surface area contributed by atoms with Crippen LogP contribution < -0.4 is 5.32 Å². The summed E-state index contributed by atoms with van der Waals surface area (Å²) in [6, 6.07) is 4.23. The van der Waals surface area contributed by atoms with E-state index in [0.29, 0.717) is 17.6 Å². The summed E-state index contributed by atoms with van der Waals surface area (Å²) in [5.74, 6) is -0.462. The Labute approximate surface area is 136 Å². The van der Waals surface area contributed by atoms with Crippen molar-refractivity contribution in [2.24, 2.45) is 15.9 Å². The summed E-state index contributed by atoms with van der Waals surface area (Å²) in [5.41, 5.74) is 9.27. The number of phenolic OH excluding ortho intramolecular Hbond substituents is 1. The fraction of sp³-hybridized carbons (Fsp3) is 0.588. The molecule has 0 aliphatic heterocycles. The van der Waals surface area contributed by atoms with Crippen LogP contribution in [0.25, 0.3) is 10.4 Å². The fourth-order valence-corrected chi connectivity index (χ4v) is 3.69. The molecule has 0 saturated heterocycles. The first-order valence-corrected chi connectivity index (χ1v) is 7.91. The molecule has 6 heteroatoms. The SMILES string of the molecule is CC1(C)CCCC(C)(CNC(=O)c2cc(N=[N+]=[N-])ccc2O)C1. The first-order valence-electron chi connectivity index (χ1n) is 7.91. The number of phenols is 1. The van der Waals surface area contributed by atoms with Gasteiger partial charge in [-0.25, -0.2) is 0 Å². The Balaban J connectivity index is 2.07. The fourth-order valence-electron chi connectivity index (χ4n) is 3.69. The van der Waals surface area contributed by atoms with Crippen molar-refractivity contribution in [3.05, 3.63) is 34.2 Å². The van der Waals surface area contributed by atoms with E-state index in [1.165, 1.54) is 24.6 Å². The maximum Gasteiger partial charge on any atom is 0.255 e. The Kier molecular flexibility index (Phi) is 4.85. The maximum absolute atomic E-state index is 12.4. The van der Waals surface area contributed by atoms with Crippen LogP contribution >= 0.6 is 0 Å². The molecule has 1 atom stereocenters. The number of benzene rings is 1. The number of amides is 1. The Hall–Kier alpha value is -2.20. The lowest BCUT2D eigenvalue weighted by atomic mass is 9.64. The van der Waals surface area contributed by atoms with Crippen LogP contribution in [0.2, 0.25) is 0 Å². The normalized spacial score (nSPS) is 22.9. The van der Waals surface area contributed by atoms with Gasteiger partial charge in [0.2, 0.25) is 0 Å². The van der Waals surface area contributed by atoms with Crippen molar-refractivity contribution in [1.29, 1.82) is 0 Å². The average molecular weight is 316 g/mol. The minimum atomic E-state index is -0.345. The van der Waals surface area contributed by atoms with Crippen LogP contribution in [0, 0.1) is 10.8 Å². The number of carbonyl (C=O) groups excluding carboxylic acids is 1. The first kappa shape index (κ1) is 17.2. The highest BCUT2D eigenvalue weighted by Gasteiger charge is 2.36. The van der Waals surface area contributed by atoms with Crippen LogP contribution in [-0.2, 0) is 0 Å². The number of carbonyl (C=O) groups is 1. The van der Waals surface area contributed by atoms with E-state index in [0.717, 1.165) is 19.3 Å². The van der Waals surface area contributed by atoms with Gasteiger partial charge in [-0.1, -0.05) is 32.3 Å². The van der Waals surface area contributed by atoms with E-state index in [9.17, 15) is 9.90 Å². The molecule has 1 aliphatic carbocycles. The van der Waals surface area contributed by atoms with Crippen LogP contribution in [-0.4, -0.2) is 17.6 Å². The van der Waals surface area contributed by atoms with Crippen molar-refractivity contribution in [2.75, 3.05) is 6.54 Å². The van der Waals surface area contributed by atoms with Gasteiger partial charge in [-0.3, -0.25) is 4.79 Å². The summed E-state index contributed by atoms with van der Waals surface area (Å²) in [6.45, 7) is 7.30. The zero-order chi connectivity index (χ0) is 17.1. The molecule has 6 nitrogen and oxygen atoms in total. The standard InChI is InChI=1S/C17H24N4O2/c1-16(2)7-4-8-17(3,10-16)11-19-15(23)13-9-12(20-21-18)5-6-14(13)22/h5-6,9,22H,4,7-8,10-11H2,1-3H3,(H,19,23). The second-order valence-electron chi connectivity index (χ2n) is 7.58. The number of rotatable bonds is 4. The quantitative estimate of drug-likeness (QED) is 0.479. The lowest BCUT2D eigenvalue weighted by Crippen LogP contribution is -2.41. The first-order chi connectivity index (χ1) is 10.7. The Morgan fingerprint density at radius 3 is 2.78 bits per heavy atom. The van der Waals surface area contributed by atoms with Gasteiger partial charge >= 0.3 is 0 Å². The number of hydrogen-bond donors (Lipinski definition) is 2. The van der Waals surface area contributed by atoms with Crippen molar-refractivity contribution in [3.8, 4) is 5.75 Å². The third-order valence-corrected chi connectivity index (χ3v) is 4.60. The summed E-state index contributed by atoms with van der Waals surface area (Å²) in [6.07, 6.45) is 4.52. The molecule has 0 heterocycles. The van der Waals surface area contributed by atoms with Gasteiger partial charge in [-0.05, 0) is 53.8 Å². The van der Waals surface area contributed by atoms with Crippen molar-refractivity contribution < 1.29 is 9.90 Å². The second-order valence-corrected chi connectivity index (χ2v) is 7.58. The lowest BCUT2D eigenvalue weighted by Gasteiger charge is -2.43. The Bertz CT molecular complexity index is 650. The molecule has 1 aliphatic rings. The minimum absolute atomic E-state index is 0.0649. The van der Waals surface area contributed by atoms with Crippen LogP contribution in [0.3, 0.4) is 0 Å². The third-order valence-electron chi connectivity index (χ3n) is 4.60. The molecular weight excluding hydrogens is 292 g/mol. The highest BCUT2D eigenvalue weighted by Crippen LogP contribution is 2.45. The molecule has 23 heavy (non-hydrogen) atoms. The molecule has 1 amide bonds. The van der Waals surface area contributed by atoms with E-state index in [1.54, 1.807) is 0 Å². The molecule has 0 spiro atoms. The lowest BCUT2D eigenvalue weighted by molar-refractivity contribution is 0.0803. The number of nitrogens with zero attached hydrogens (tertiary/aromatic N) is 3. The van der Waals surface area contributed by atoms with E-state index in [4.69, 9.17) is 5.53 Å². The van der Waals surface area contributed by atoms with Crippen LogP contribution in [0.4, 0.5) is 5.69 Å². The highest BCUT2D eigenvalue weighted by molar-refractivity contribution is 5.97. The molecule has 2 N–H and O–H groups in total. The molecule has 1 saturated carbocycles.